The number of carbonyl (C=O) groups is 1. The average molecular weight is 208 g/mol. The number of hydrogen-bond donors (Lipinski definition) is 0. The highest BCUT2D eigenvalue weighted by Gasteiger charge is 2.46. The van der Waals surface area contributed by atoms with E-state index in [9.17, 15) is 4.79 Å². The number of fused-ring (bicyclic) bond motifs is 1. The molecule has 0 aliphatic heterocycles. The van der Waals surface area contributed by atoms with Crippen LogP contribution in [0.2, 0.25) is 0 Å². The minimum Gasteiger partial charge on any atom is -0.496 e. The minimum atomic E-state index is 0.0524. The van der Waals surface area contributed by atoms with Crippen molar-refractivity contribution in [3.63, 3.8) is 0 Å². The number of carbonyl (C=O) groups excluding carboxylic acids is 1. The van der Waals surface area contributed by atoms with Crippen LogP contribution >= 0.6 is 0 Å². The summed E-state index contributed by atoms with van der Waals surface area (Å²) in [5.41, 5.74) is 3.05. The smallest absolute Gasteiger partial charge is 0.163 e. The van der Waals surface area contributed by atoms with Crippen molar-refractivity contribution < 1.29 is 14.3 Å². The molecule has 2 aliphatic carbocycles. The van der Waals surface area contributed by atoms with Gasteiger partial charge in [-0.05, 0) is 25.0 Å². The van der Waals surface area contributed by atoms with E-state index in [1.54, 1.807) is 14.2 Å². The van der Waals surface area contributed by atoms with Crippen LogP contribution in [0.15, 0.2) is 22.5 Å². The van der Waals surface area contributed by atoms with E-state index in [0.717, 1.165) is 16.9 Å². The summed E-state index contributed by atoms with van der Waals surface area (Å²) in [6, 6.07) is 0. The maximum absolute atomic E-state index is 11.5. The number of ether oxygens (including phenoxy) is 2. The Labute approximate surface area is 89.8 Å². The number of Topliss-reactive ketones (excluding diaryl/α,β-unsaturated/α-hetero) is 1. The van der Waals surface area contributed by atoms with E-state index in [-0.39, 0.29) is 17.8 Å². The standard InChI is InChI=1S/C12H16O3/c1-6-7(2)12(15-4)10-8(5-9(10)13)11(6)14-3/h8,11H,5H2,1-4H3. The van der Waals surface area contributed by atoms with Gasteiger partial charge < -0.3 is 9.47 Å². The first kappa shape index (κ1) is 10.4. The zero-order valence-corrected chi connectivity index (χ0v) is 9.59. The molecule has 2 rings (SSSR count). The molecule has 1 saturated carbocycles. The van der Waals surface area contributed by atoms with Crippen LogP contribution in [0.3, 0.4) is 0 Å². The molecule has 0 aromatic rings. The molecule has 0 spiro atoms. The summed E-state index contributed by atoms with van der Waals surface area (Å²) < 4.78 is 10.8. The molecule has 0 saturated heterocycles. The molecular formula is C12H16O3. The van der Waals surface area contributed by atoms with Crippen molar-refractivity contribution in [1.29, 1.82) is 0 Å². The van der Waals surface area contributed by atoms with E-state index >= 15 is 0 Å². The van der Waals surface area contributed by atoms with Crippen LogP contribution in [0.4, 0.5) is 0 Å². The fourth-order valence-electron chi connectivity index (χ4n) is 2.54. The Morgan fingerprint density at radius 1 is 1.27 bits per heavy atom. The Balaban J connectivity index is 2.49. The number of methoxy groups -OCH3 is 2. The van der Waals surface area contributed by atoms with E-state index < -0.39 is 0 Å². The van der Waals surface area contributed by atoms with Gasteiger partial charge in [0, 0.05) is 25.0 Å². The molecule has 2 unspecified atom stereocenters. The summed E-state index contributed by atoms with van der Waals surface area (Å²) in [4.78, 5) is 11.5. The molecule has 0 bridgehead atoms. The third-order valence-electron chi connectivity index (χ3n) is 3.50. The number of allylic oxidation sites excluding steroid dienone is 1. The molecule has 0 N–H and O–H groups in total. The van der Waals surface area contributed by atoms with Gasteiger partial charge in [0.1, 0.15) is 5.76 Å². The molecule has 0 amide bonds. The number of ketones is 1. The summed E-state index contributed by atoms with van der Waals surface area (Å²) in [6.45, 7) is 4.02. The van der Waals surface area contributed by atoms with Crippen molar-refractivity contribution in [3.8, 4) is 0 Å². The van der Waals surface area contributed by atoms with Crippen molar-refractivity contribution >= 4 is 5.78 Å². The third kappa shape index (κ3) is 1.26. The second kappa shape index (κ2) is 3.49. The quantitative estimate of drug-likeness (QED) is 0.694. The molecule has 0 radical (unpaired) electrons. The lowest BCUT2D eigenvalue weighted by Gasteiger charge is -2.40. The Bertz CT molecular complexity index is 376. The second-order valence-corrected chi connectivity index (χ2v) is 4.15. The molecule has 82 valence electrons. The molecule has 3 heteroatoms. The molecule has 3 nitrogen and oxygen atoms in total. The van der Waals surface area contributed by atoms with Crippen LogP contribution in [-0.4, -0.2) is 26.1 Å². The first-order valence-electron chi connectivity index (χ1n) is 5.13. The lowest BCUT2D eigenvalue weighted by atomic mass is 9.68. The average Bonchev–Trinajstić information content (AvgIpc) is 2.22. The summed E-state index contributed by atoms with van der Waals surface area (Å²) in [6.07, 6.45) is 0.641. The van der Waals surface area contributed by atoms with Crippen molar-refractivity contribution in [1.82, 2.24) is 0 Å². The van der Waals surface area contributed by atoms with E-state index in [1.807, 2.05) is 13.8 Å². The van der Waals surface area contributed by atoms with Crippen LogP contribution in [0.1, 0.15) is 20.3 Å². The summed E-state index contributed by atoms with van der Waals surface area (Å²) >= 11 is 0. The number of hydrogen-bond acceptors (Lipinski definition) is 3. The molecule has 15 heavy (non-hydrogen) atoms. The van der Waals surface area contributed by atoms with Gasteiger partial charge >= 0.3 is 0 Å². The van der Waals surface area contributed by atoms with Gasteiger partial charge in [0.25, 0.3) is 0 Å². The van der Waals surface area contributed by atoms with Crippen molar-refractivity contribution in [2.24, 2.45) is 5.92 Å². The fraction of sp³-hybridized carbons (Fsp3) is 0.583. The van der Waals surface area contributed by atoms with Crippen molar-refractivity contribution in [3.05, 3.63) is 22.5 Å². The van der Waals surface area contributed by atoms with Crippen LogP contribution in [0.25, 0.3) is 0 Å². The Morgan fingerprint density at radius 3 is 2.40 bits per heavy atom. The highest BCUT2D eigenvalue weighted by atomic mass is 16.5. The normalized spacial score (nSPS) is 30.3. The SMILES string of the molecule is COC1=C2C(=O)CC2C(OC)C(C)=C1C. The van der Waals surface area contributed by atoms with Gasteiger partial charge in [0.15, 0.2) is 5.78 Å². The topological polar surface area (TPSA) is 35.5 Å². The molecule has 0 aromatic heterocycles. The van der Waals surface area contributed by atoms with Gasteiger partial charge in [-0.15, -0.1) is 0 Å². The van der Waals surface area contributed by atoms with Gasteiger partial charge in [-0.2, -0.15) is 0 Å². The molecule has 2 aliphatic rings. The van der Waals surface area contributed by atoms with E-state index in [1.165, 1.54) is 5.57 Å². The molecule has 0 aromatic carbocycles. The summed E-state index contributed by atoms with van der Waals surface area (Å²) in [7, 11) is 3.31. The van der Waals surface area contributed by atoms with Gasteiger partial charge in [-0.3, -0.25) is 4.79 Å². The third-order valence-corrected chi connectivity index (χ3v) is 3.50. The number of rotatable bonds is 2. The Morgan fingerprint density at radius 2 is 1.93 bits per heavy atom. The van der Waals surface area contributed by atoms with E-state index in [0.29, 0.717) is 6.42 Å². The van der Waals surface area contributed by atoms with Gasteiger partial charge in [0.2, 0.25) is 0 Å². The van der Waals surface area contributed by atoms with E-state index in [4.69, 9.17) is 9.47 Å². The van der Waals surface area contributed by atoms with Crippen LogP contribution in [0, 0.1) is 5.92 Å². The zero-order chi connectivity index (χ0) is 11.2. The first-order chi connectivity index (χ1) is 7.11. The predicted molar refractivity (Wildman–Crippen MR) is 56.3 cm³/mol. The Hall–Kier alpha value is -1.09. The highest BCUT2D eigenvalue weighted by Crippen LogP contribution is 2.45. The highest BCUT2D eigenvalue weighted by molar-refractivity contribution is 6.04. The van der Waals surface area contributed by atoms with Gasteiger partial charge in [0.05, 0.1) is 13.2 Å². The maximum Gasteiger partial charge on any atom is 0.163 e. The lowest BCUT2D eigenvalue weighted by molar-refractivity contribution is -0.123. The van der Waals surface area contributed by atoms with Gasteiger partial charge in [-0.1, -0.05) is 0 Å². The fourth-order valence-corrected chi connectivity index (χ4v) is 2.54. The maximum atomic E-state index is 11.5. The predicted octanol–water partition coefficient (Wildman–Crippen LogP) is 1.84. The van der Waals surface area contributed by atoms with Gasteiger partial charge in [-0.25, -0.2) is 0 Å². The molecular weight excluding hydrogens is 192 g/mol. The summed E-state index contributed by atoms with van der Waals surface area (Å²) in [5.74, 6) is 1.17. The van der Waals surface area contributed by atoms with E-state index in [2.05, 4.69) is 0 Å². The minimum absolute atomic E-state index is 0.0524. The van der Waals surface area contributed by atoms with Crippen LogP contribution < -0.4 is 0 Å². The largest absolute Gasteiger partial charge is 0.496 e. The monoisotopic (exact) mass is 208 g/mol. The van der Waals surface area contributed by atoms with Crippen molar-refractivity contribution in [2.45, 2.75) is 26.4 Å². The van der Waals surface area contributed by atoms with Crippen LogP contribution in [0.5, 0.6) is 0 Å². The zero-order valence-electron chi connectivity index (χ0n) is 9.59. The lowest BCUT2D eigenvalue weighted by Crippen LogP contribution is -2.42. The van der Waals surface area contributed by atoms with Crippen molar-refractivity contribution in [2.75, 3.05) is 14.2 Å². The summed E-state index contributed by atoms with van der Waals surface area (Å²) in [5, 5.41) is 0. The molecule has 0 heterocycles. The first-order valence-corrected chi connectivity index (χ1v) is 5.13. The second-order valence-electron chi connectivity index (χ2n) is 4.15. The Kier molecular flexibility index (Phi) is 2.43. The molecule has 1 fully saturated rings. The molecule has 2 atom stereocenters. The van der Waals surface area contributed by atoms with Crippen LogP contribution in [-0.2, 0) is 14.3 Å².